The van der Waals surface area contributed by atoms with Gasteiger partial charge in [0.25, 0.3) is 5.91 Å². The number of hydrazone groups is 1. The first-order valence-corrected chi connectivity index (χ1v) is 14.3. The van der Waals surface area contributed by atoms with E-state index in [9.17, 15) is 14.4 Å². The van der Waals surface area contributed by atoms with Crippen molar-refractivity contribution in [1.82, 2.24) is 10.7 Å². The summed E-state index contributed by atoms with van der Waals surface area (Å²) in [4.78, 5) is 37.0. The molecule has 0 aliphatic heterocycles. The largest absolute Gasteiger partial charge is 0.493 e. The van der Waals surface area contributed by atoms with Crippen molar-refractivity contribution in [1.29, 1.82) is 0 Å². The predicted octanol–water partition coefficient (Wildman–Crippen LogP) is 6.49. The van der Waals surface area contributed by atoms with Gasteiger partial charge in [-0.2, -0.15) is 5.10 Å². The van der Waals surface area contributed by atoms with E-state index in [0.29, 0.717) is 27.6 Å². The Morgan fingerprint density at radius 3 is 2.46 bits per heavy atom. The van der Waals surface area contributed by atoms with Crippen LogP contribution in [0.5, 0.6) is 11.5 Å². The lowest BCUT2D eigenvalue weighted by Gasteiger charge is -2.09. The second-order valence-electron chi connectivity index (χ2n) is 8.98. The molecule has 0 aliphatic rings. The lowest BCUT2D eigenvalue weighted by Crippen LogP contribution is -2.34. The zero-order chi connectivity index (χ0) is 28.0. The number of benzene rings is 2. The monoisotopic (exact) mass is 571 g/mol. The number of amides is 2. The molecule has 8 nitrogen and oxygen atoms in total. The third-order valence-electron chi connectivity index (χ3n) is 5.97. The Balaban J connectivity index is 1.44. The summed E-state index contributed by atoms with van der Waals surface area (Å²) >= 11 is 7.65. The van der Waals surface area contributed by atoms with Gasteiger partial charge in [0.2, 0.25) is 5.91 Å². The summed E-state index contributed by atoms with van der Waals surface area (Å²) < 4.78 is 11.8. The Hall–Kier alpha value is -3.43. The molecular formula is C29H34ClN3O5S. The summed E-state index contributed by atoms with van der Waals surface area (Å²) in [6, 6.07) is 12.3. The first kappa shape index (κ1) is 30.1. The number of hydrogen-bond donors (Lipinski definition) is 2. The predicted molar refractivity (Wildman–Crippen MR) is 156 cm³/mol. The zero-order valence-electron chi connectivity index (χ0n) is 22.3. The number of nitrogens with zero attached hydrogens (tertiary/aromatic N) is 1. The fourth-order valence-corrected chi connectivity index (χ4v) is 5.25. The van der Waals surface area contributed by atoms with Gasteiger partial charge in [0, 0.05) is 16.5 Å². The van der Waals surface area contributed by atoms with Crippen molar-refractivity contribution < 1.29 is 23.9 Å². The number of methoxy groups -OCH3 is 1. The van der Waals surface area contributed by atoms with Gasteiger partial charge < -0.3 is 14.8 Å². The molecule has 10 heteroatoms. The average molecular weight is 572 g/mol. The van der Waals surface area contributed by atoms with Crippen LogP contribution in [0.2, 0.25) is 5.02 Å². The normalized spacial score (nSPS) is 11.1. The number of ether oxygens (including phenoxy) is 2. The van der Waals surface area contributed by atoms with E-state index in [1.54, 1.807) is 18.2 Å². The number of fused-ring (bicyclic) bond motifs is 1. The standard InChI is InChI=1S/C29H34ClN3O5S/c1-3-4-5-6-7-8-9-14-25(34)31-19-26(35)33-32-18-20-15-16-22(23(17-20)37-2)38-29(36)28-27(30)21-12-10-11-13-24(21)39-28/h10-13,15-18H,3-9,14,19H2,1-2H3,(H,31,34)(H,33,35). The van der Waals surface area contributed by atoms with Crippen LogP contribution in [-0.2, 0) is 9.59 Å². The molecule has 2 aromatic carbocycles. The highest BCUT2D eigenvalue weighted by Gasteiger charge is 2.20. The summed E-state index contributed by atoms with van der Waals surface area (Å²) in [7, 11) is 1.46. The van der Waals surface area contributed by atoms with E-state index >= 15 is 0 Å². The number of thiophene rings is 1. The van der Waals surface area contributed by atoms with E-state index in [-0.39, 0.29) is 18.2 Å². The molecule has 0 unspecified atom stereocenters. The van der Waals surface area contributed by atoms with Crippen molar-refractivity contribution in [3.05, 3.63) is 57.9 Å². The van der Waals surface area contributed by atoms with Gasteiger partial charge in [-0.05, 0) is 36.2 Å². The Morgan fingerprint density at radius 2 is 1.72 bits per heavy atom. The van der Waals surface area contributed by atoms with Crippen LogP contribution in [0.4, 0.5) is 0 Å². The number of esters is 1. The van der Waals surface area contributed by atoms with Gasteiger partial charge >= 0.3 is 5.97 Å². The maximum atomic E-state index is 12.8. The number of rotatable bonds is 15. The molecule has 0 saturated heterocycles. The maximum Gasteiger partial charge on any atom is 0.355 e. The minimum absolute atomic E-state index is 0.144. The molecule has 0 atom stereocenters. The number of halogens is 1. The molecule has 39 heavy (non-hydrogen) atoms. The van der Waals surface area contributed by atoms with E-state index in [1.165, 1.54) is 50.3 Å². The second-order valence-corrected chi connectivity index (χ2v) is 10.4. The molecule has 1 heterocycles. The number of unbranched alkanes of at least 4 members (excludes halogenated alkanes) is 6. The summed E-state index contributed by atoms with van der Waals surface area (Å²) in [5.41, 5.74) is 2.99. The van der Waals surface area contributed by atoms with Crippen LogP contribution in [0.15, 0.2) is 47.6 Å². The summed E-state index contributed by atoms with van der Waals surface area (Å²) in [6.07, 6.45) is 9.75. The average Bonchev–Trinajstić information content (AvgIpc) is 3.28. The van der Waals surface area contributed by atoms with Crippen molar-refractivity contribution >= 4 is 57.0 Å². The number of carbonyl (C=O) groups excluding carboxylic acids is 3. The summed E-state index contributed by atoms with van der Waals surface area (Å²) in [6.45, 7) is 2.04. The fraction of sp³-hybridized carbons (Fsp3) is 0.379. The van der Waals surface area contributed by atoms with Gasteiger partial charge in [-0.3, -0.25) is 9.59 Å². The SMILES string of the molecule is CCCCCCCCCC(=O)NCC(=O)NN=Cc1ccc(OC(=O)c2sc3ccccc3c2Cl)c(OC)c1. The highest BCUT2D eigenvalue weighted by atomic mass is 35.5. The molecule has 0 bridgehead atoms. The molecule has 0 saturated carbocycles. The fourth-order valence-electron chi connectivity index (χ4n) is 3.87. The molecule has 0 aliphatic carbocycles. The van der Waals surface area contributed by atoms with Crippen LogP contribution >= 0.6 is 22.9 Å². The number of hydrogen-bond acceptors (Lipinski definition) is 7. The van der Waals surface area contributed by atoms with Crippen LogP contribution in [0, 0.1) is 0 Å². The molecule has 0 spiro atoms. The van der Waals surface area contributed by atoms with Crippen LogP contribution in [-0.4, -0.2) is 37.7 Å². The molecule has 2 amide bonds. The topological polar surface area (TPSA) is 106 Å². The van der Waals surface area contributed by atoms with Gasteiger partial charge in [-0.25, -0.2) is 10.2 Å². The smallest absolute Gasteiger partial charge is 0.355 e. The summed E-state index contributed by atoms with van der Waals surface area (Å²) in [5, 5.41) is 7.69. The molecule has 0 fully saturated rings. The first-order chi connectivity index (χ1) is 18.9. The van der Waals surface area contributed by atoms with Crippen molar-refractivity contribution in [3.63, 3.8) is 0 Å². The molecule has 3 rings (SSSR count). The number of carbonyl (C=O) groups is 3. The highest BCUT2D eigenvalue weighted by molar-refractivity contribution is 7.21. The van der Waals surface area contributed by atoms with Gasteiger partial charge in [-0.15, -0.1) is 11.3 Å². The third kappa shape index (κ3) is 9.37. The van der Waals surface area contributed by atoms with E-state index in [2.05, 4.69) is 22.8 Å². The quantitative estimate of drug-likeness (QED) is 0.0713. The van der Waals surface area contributed by atoms with Gasteiger partial charge in [-0.1, -0.05) is 75.2 Å². The molecule has 208 valence electrons. The molecule has 1 aromatic heterocycles. The van der Waals surface area contributed by atoms with E-state index < -0.39 is 11.9 Å². The second kappa shape index (κ2) is 15.9. The lowest BCUT2D eigenvalue weighted by atomic mass is 10.1. The van der Waals surface area contributed by atoms with E-state index in [0.717, 1.165) is 29.3 Å². The molecule has 0 radical (unpaired) electrons. The molecular weight excluding hydrogens is 538 g/mol. The first-order valence-electron chi connectivity index (χ1n) is 13.1. The Bertz CT molecular complexity index is 1310. The van der Waals surface area contributed by atoms with Gasteiger partial charge in [0.1, 0.15) is 4.88 Å². The molecule has 2 N–H and O–H groups in total. The highest BCUT2D eigenvalue weighted by Crippen LogP contribution is 2.37. The van der Waals surface area contributed by atoms with Crippen LogP contribution < -0.4 is 20.2 Å². The van der Waals surface area contributed by atoms with Crippen LogP contribution in [0.3, 0.4) is 0 Å². The van der Waals surface area contributed by atoms with Crippen molar-refractivity contribution in [2.24, 2.45) is 5.10 Å². The van der Waals surface area contributed by atoms with Crippen molar-refractivity contribution in [2.45, 2.75) is 58.3 Å². The summed E-state index contributed by atoms with van der Waals surface area (Å²) in [5.74, 6) is -0.622. The van der Waals surface area contributed by atoms with Gasteiger partial charge in [0.15, 0.2) is 11.5 Å². The van der Waals surface area contributed by atoms with E-state index in [4.69, 9.17) is 21.1 Å². The third-order valence-corrected chi connectivity index (χ3v) is 7.62. The van der Waals surface area contributed by atoms with E-state index in [1.807, 2.05) is 24.3 Å². The minimum atomic E-state index is -0.581. The Kier molecular flexibility index (Phi) is 12.2. The number of nitrogens with one attached hydrogen (secondary N) is 2. The van der Waals surface area contributed by atoms with Crippen molar-refractivity contribution in [3.8, 4) is 11.5 Å². The maximum absolute atomic E-state index is 12.8. The Morgan fingerprint density at radius 1 is 0.974 bits per heavy atom. The van der Waals surface area contributed by atoms with Gasteiger partial charge in [0.05, 0.1) is 24.9 Å². The zero-order valence-corrected chi connectivity index (χ0v) is 23.8. The molecule has 3 aromatic rings. The van der Waals surface area contributed by atoms with Crippen LogP contribution in [0.25, 0.3) is 10.1 Å². The van der Waals surface area contributed by atoms with Crippen molar-refractivity contribution in [2.75, 3.05) is 13.7 Å². The Labute approximate surface area is 237 Å². The lowest BCUT2D eigenvalue weighted by molar-refractivity contribution is -0.126. The minimum Gasteiger partial charge on any atom is -0.493 e. The van der Waals surface area contributed by atoms with Crippen LogP contribution in [0.1, 0.15) is 73.5 Å².